The van der Waals surface area contributed by atoms with Gasteiger partial charge < -0.3 is 14.9 Å². The van der Waals surface area contributed by atoms with Crippen LogP contribution in [0.3, 0.4) is 0 Å². The molecule has 0 unspecified atom stereocenters. The lowest BCUT2D eigenvalue weighted by Crippen LogP contribution is -2.30. The Morgan fingerprint density at radius 2 is 2.05 bits per heavy atom. The fourth-order valence-electron chi connectivity index (χ4n) is 2.30. The van der Waals surface area contributed by atoms with Crippen molar-refractivity contribution in [1.82, 2.24) is 4.90 Å². The van der Waals surface area contributed by atoms with E-state index in [1.54, 1.807) is 11.9 Å². The maximum atomic E-state index is 11.8. The van der Waals surface area contributed by atoms with Crippen molar-refractivity contribution in [3.63, 3.8) is 0 Å². The second-order valence-electron chi connectivity index (χ2n) is 5.03. The third-order valence-corrected chi connectivity index (χ3v) is 3.54. The number of anilines is 1. The minimum atomic E-state index is -0.0295. The van der Waals surface area contributed by atoms with Gasteiger partial charge in [-0.15, -0.1) is 0 Å². The average molecular weight is 276 g/mol. The number of carbonyl (C=O) groups excluding carboxylic acids is 2. The van der Waals surface area contributed by atoms with Gasteiger partial charge in [0.1, 0.15) is 0 Å². The summed E-state index contributed by atoms with van der Waals surface area (Å²) in [6, 6.07) is 7.53. The lowest BCUT2D eigenvalue weighted by atomic mass is 10.1. The highest BCUT2D eigenvalue weighted by Gasteiger charge is 2.21. The molecule has 1 heterocycles. The Balaban J connectivity index is 1.98. The van der Waals surface area contributed by atoms with E-state index in [9.17, 15) is 9.59 Å². The molecule has 5 heteroatoms. The SMILES string of the molecule is CN(CCO)C(=O)Cc1ccc(N2CCCC2=O)cc1. The van der Waals surface area contributed by atoms with Crippen LogP contribution in [0.4, 0.5) is 5.69 Å². The lowest BCUT2D eigenvalue weighted by Gasteiger charge is -2.17. The highest BCUT2D eigenvalue weighted by molar-refractivity contribution is 5.95. The first kappa shape index (κ1) is 14.5. The molecule has 0 radical (unpaired) electrons. The molecule has 0 spiro atoms. The molecule has 1 aliphatic heterocycles. The molecule has 0 bridgehead atoms. The van der Waals surface area contributed by atoms with Gasteiger partial charge in [-0.05, 0) is 24.1 Å². The number of rotatable bonds is 5. The maximum absolute atomic E-state index is 11.8. The Labute approximate surface area is 118 Å². The predicted octanol–water partition coefficient (Wildman–Crippen LogP) is 0.807. The number of benzene rings is 1. The van der Waals surface area contributed by atoms with E-state index in [0.717, 1.165) is 24.2 Å². The van der Waals surface area contributed by atoms with E-state index in [-0.39, 0.29) is 18.4 Å². The Bertz CT molecular complexity index is 484. The Hall–Kier alpha value is -1.88. The summed E-state index contributed by atoms with van der Waals surface area (Å²) in [6.45, 7) is 1.09. The second kappa shape index (κ2) is 6.52. The maximum Gasteiger partial charge on any atom is 0.227 e. The van der Waals surface area contributed by atoms with Crippen LogP contribution in [0.1, 0.15) is 18.4 Å². The molecular formula is C15H20N2O3. The van der Waals surface area contributed by atoms with Gasteiger partial charge >= 0.3 is 0 Å². The molecule has 0 aromatic heterocycles. The molecule has 0 aliphatic carbocycles. The van der Waals surface area contributed by atoms with Gasteiger partial charge in [0.2, 0.25) is 11.8 Å². The molecule has 1 N–H and O–H groups in total. The van der Waals surface area contributed by atoms with Gasteiger partial charge in [-0.3, -0.25) is 9.59 Å². The number of hydrogen-bond acceptors (Lipinski definition) is 3. The van der Waals surface area contributed by atoms with Crippen LogP contribution >= 0.6 is 0 Å². The summed E-state index contributed by atoms with van der Waals surface area (Å²) < 4.78 is 0. The minimum absolute atomic E-state index is 0.0240. The van der Waals surface area contributed by atoms with E-state index in [1.165, 1.54) is 4.90 Å². The van der Waals surface area contributed by atoms with E-state index in [4.69, 9.17) is 5.11 Å². The molecule has 108 valence electrons. The number of aliphatic hydroxyl groups excluding tert-OH is 1. The van der Waals surface area contributed by atoms with Gasteiger partial charge in [-0.25, -0.2) is 0 Å². The molecule has 1 fully saturated rings. The van der Waals surface area contributed by atoms with Crippen molar-refractivity contribution >= 4 is 17.5 Å². The minimum Gasteiger partial charge on any atom is -0.395 e. The van der Waals surface area contributed by atoms with Crippen molar-refractivity contribution in [2.24, 2.45) is 0 Å². The summed E-state index contributed by atoms with van der Waals surface area (Å²) in [5.41, 5.74) is 1.81. The monoisotopic (exact) mass is 276 g/mol. The van der Waals surface area contributed by atoms with Gasteiger partial charge in [0.15, 0.2) is 0 Å². The van der Waals surface area contributed by atoms with Gasteiger partial charge in [-0.2, -0.15) is 0 Å². The summed E-state index contributed by atoms with van der Waals surface area (Å²) in [5.74, 6) is 0.139. The number of aliphatic hydroxyl groups is 1. The summed E-state index contributed by atoms with van der Waals surface area (Å²) >= 11 is 0. The number of hydrogen-bond donors (Lipinski definition) is 1. The number of likely N-dealkylation sites (N-methyl/N-ethyl adjacent to an activating group) is 1. The summed E-state index contributed by atoms with van der Waals surface area (Å²) in [7, 11) is 1.68. The van der Waals surface area contributed by atoms with Crippen molar-refractivity contribution in [3.8, 4) is 0 Å². The molecule has 2 amide bonds. The van der Waals surface area contributed by atoms with Crippen LogP contribution in [0.5, 0.6) is 0 Å². The second-order valence-corrected chi connectivity index (χ2v) is 5.03. The third-order valence-electron chi connectivity index (χ3n) is 3.54. The van der Waals surface area contributed by atoms with E-state index >= 15 is 0 Å². The zero-order valence-corrected chi connectivity index (χ0v) is 11.7. The van der Waals surface area contributed by atoms with E-state index in [1.807, 2.05) is 24.3 Å². The standard InChI is InChI=1S/C15H20N2O3/c1-16(9-10-18)15(20)11-12-4-6-13(7-5-12)17-8-2-3-14(17)19/h4-7,18H,2-3,8-11H2,1H3. The first-order chi connectivity index (χ1) is 9.61. The molecule has 1 aliphatic rings. The Morgan fingerprint density at radius 3 is 2.60 bits per heavy atom. The zero-order valence-electron chi connectivity index (χ0n) is 11.7. The summed E-state index contributed by atoms with van der Waals surface area (Å²) in [4.78, 5) is 26.8. The Kier molecular flexibility index (Phi) is 4.74. The van der Waals surface area contributed by atoms with Crippen molar-refractivity contribution in [1.29, 1.82) is 0 Å². The van der Waals surface area contributed by atoms with Crippen LogP contribution in [-0.4, -0.2) is 48.6 Å². The Morgan fingerprint density at radius 1 is 1.35 bits per heavy atom. The topological polar surface area (TPSA) is 60.9 Å². The van der Waals surface area contributed by atoms with Crippen molar-refractivity contribution in [2.45, 2.75) is 19.3 Å². The van der Waals surface area contributed by atoms with Crippen molar-refractivity contribution in [3.05, 3.63) is 29.8 Å². The van der Waals surface area contributed by atoms with Crippen LogP contribution in [0.2, 0.25) is 0 Å². The van der Waals surface area contributed by atoms with Crippen LogP contribution < -0.4 is 4.90 Å². The van der Waals surface area contributed by atoms with Gasteiger partial charge in [-0.1, -0.05) is 12.1 Å². The number of carbonyl (C=O) groups is 2. The fourth-order valence-corrected chi connectivity index (χ4v) is 2.30. The molecule has 0 saturated carbocycles. The van der Waals surface area contributed by atoms with E-state index in [0.29, 0.717) is 19.4 Å². The van der Waals surface area contributed by atoms with Gasteiger partial charge in [0, 0.05) is 32.2 Å². The first-order valence-corrected chi connectivity index (χ1v) is 6.86. The zero-order chi connectivity index (χ0) is 14.5. The quantitative estimate of drug-likeness (QED) is 0.865. The van der Waals surface area contributed by atoms with Crippen molar-refractivity contribution in [2.75, 3.05) is 31.6 Å². The fraction of sp³-hybridized carbons (Fsp3) is 0.467. The summed E-state index contributed by atoms with van der Waals surface area (Å²) in [6.07, 6.45) is 1.84. The van der Waals surface area contributed by atoms with Crippen LogP contribution in [-0.2, 0) is 16.0 Å². The van der Waals surface area contributed by atoms with Gasteiger partial charge in [0.25, 0.3) is 0 Å². The molecule has 1 saturated heterocycles. The largest absolute Gasteiger partial charge is 0.395 e. The smallest absolute Gasteiger partial charge is 0.227 e. The lowest BCUT2D eigenvalue weighted by molar-refractivity contribution is -0.129. The average Bonchev–Trinajstić information content (AvgIpc) is 2.86. The molecule has 1 aromatic rings. The van der Waals surface area contributed by atoms with Crippen LogP contribution in [0.25, 0.3) is 0 Å². The molecule has 20 heavy (non-hydrogen) atoms. The molecule has 1 aromatic carbocycles. The van der Waals surface area contributed by atoms with E-state index in [2.05, 4.69) is 0 Å². The first-order valence-electron chi connectivity index (χ1n) is 6.86. The molecule has 5 nitrogen and oxygen atoms in total. The predicted molar refractivity (Wildman–Crippen MR) is 76.5 cm³/mol. The molecular weight excluding hydrogens is 256 g/mol. The third kappa shape index (κ3) is 3.36. The summed E-state index contributed by atoms with van der Waals surface area (Å²) in [5, 5.41) is 8.80. The number of amides is 2. The number of nitrogens with zero attached hydrogens (tertiary/aromatic N) is 2. The van der Waals surface area contributed by atoms with Gasteiger partial charge in [0.05, 0.1) is 13.0 Å². The van der Waals surface area contributed by atoms with Crippen molar-refractivity contribution < 1.29 is 14.7 Å². The molecule has 2 rings (SSSR count). The van der Waals surface area contributed by atoms with Crippen LogP contribution in [0, 0.1) is 0 Å². The highest BCUT2D eigenvalue weighted by atomic mass is 16.3. The van der Waals surface area contributed by atoms with E-state index < -0.39 is 0 Å². The van der Waals surface area contributed by atoms with Crippen LogP contribution in [0.15, 0.2) is 24.3 Å². The highest BCUT2D eigenvalue weighted by Crippen LogP contribution is 2.21. The normalized spacial score (nSPS) is 14.7. The molecule has 0 atom stereocenters.